The first kappa shape index (κ1) is 19.6. The molecule has 1 atom stereocenters. The molecule has 4 rings (SSSR count). The summed E-state index contributed by atoms with van der Waals surface area (Å²) < 4.78 is 5.62. The first-order valence-corrected chi connectivity index (χ1v) is 9.85. The number of hydrogen-bond acceptors (Lipinski definition) is 5. The van der Waals surface area contributed by atoms with Gasteiger partial charge in [-0.1, -0.05) is 30.3 Å². The van der Waals surface area contributed by atoms with Gasteiger partial charge in [-0.05, 0) is 43.5 Å². The van der Waals surface area contributed by atoms with Crippen LogP contribution in [0.25, 0.3) is 11.4 Å². The third kappa shape index (κ3) is 4.32. The molecular weight excluding hydrogens is 384 g/mol. The number of piperidine rings is 1. The number of hydrogen-bond donors (Lipinski definition) is 2. The quantitative estimate of drug-likeness (QED) is 0.650. The van der Waals surface area contributed by atoms with Gasteiger partial charge in [0.15, 0.2) is 12.4 Å². The second kappa shape index (κ2) is 8.77. The predicted molar refractivity (Wildman–Crippen MR) is 109 cm³/mol. The minimum absolute atomic E-state index is 0.0395. The smallest absolute Gasteiger partial charge is 0.335 e. The average molecular weight is 406 g/mol. The van der Waals surface area contributed by atoms with E-state index in [1.807, 2.05) is 30.3 Å². The number of rotatable bonds is 6. The SMILES string of the molecule is O=C(O)c1cccc(-c2n[nH]c([C@H]3CCCCN3C(=O)COc3ccccc3)n2)c1. The van der Waals surface area contributed by atoms with E-state index in [9.17, 15) is 14.7 Å². The van der Waals surface area contributed by atoms with Gasteiger partial charge in [-0.2, -0.15) is 5.10 Å². The lowest BCUT2D eigenvalue weighted by Crippen LogP contribution is -2.41. The van der Waals surface area contributed by atoms with E-state index < -0.39 is 5.97 Å². The number of carboxylic acids is 1. The average Bonchev–Trinajstić information content (AvgIpc) is 3.28. The fourth-order valence-corrected chi connectivity index (χ4v) is 3.60. The van der Waals surface area contributed by atoms with Gasteiger partial charge in [0, 0.05) is 12.1 Å². The number of para-hydroxylation sites is 1. The second-order valence-corrected chi connectivity index (χ2v) is 7.13. The molecule has 2 heterocycles. The van der Waals surface area contributed by atoms with Crippen molar-refractivity contribution in [3.63, 3.8) is 0 Å². The van der Waals surface area contributed by atoms with E-state index in [1.165, 1.54) is 12.1 Å². The summed E-state index contributed by atoms with van der Waals surface area (Å²) in [6.45, 7) is 0.592. The molecule has 8 heteroatoms. The van der Waals surface area contributed by atoms with Gasteiger partial charge in [0.05, 0.1) is 11.6 Å². The van der Waals surface area contributed by atoms with E-state index in [0.29, 0.717) is 29.5 Å². The topological polar surface area (TPSA) is 108 Å². The Bertz CT molecular complexity index is 1030. The van der Waals surface area contributed by atoms with Gasteiger partial charge in [-0.15, -0.1) is 0 Å². The number of benzene rings is 2. The lowest BCUT2D eigenvalue weighted by Gasteiger charge is -2.34. The summed E-state index contributed by atoms with van der Waals surface area (Å²) in [5.41, 5.74) is 0.782. The maximum Gasteiger partial charge on any atom is 0.335 e. The van der Waals surface area contributed by atoms with Gasteiger partial charge in [0.1, 0.15) is 11.6 Å². The summed E-state index contributed by atoms with van der Waals surface area (Å²) in [5, 5.41) is 16.4. The first-order valence-electron chi connectivity index (χ1n) is 9.85. The van der Waals surface area contributed by atoms with Crippen molar-refractivity contribution in [2.75, 3.05) is 13.2 Å². The molecule has 0 unspecified atom stereocenters. The maximum atomic E-state index is 12.8. The molecule has 0 radical (unpaired) electrons. The highest BCUT2D eigenvalue weighted by molar-refractivity contribution is 5.89. The Morgan fingerprint density at radius 2 is 1.97 bits per heavy atom. The van der Waals surface area contributed by atoms with Gasteiger partial charge < -0.3 is 14.7 Å². The Morgan fingerprint density at radius 3 is 2.77 bits per heavy atom. The van der Waals surface area contributed by atoms with Crippen molar-refractivity contribution >= 4 is 11.9 Å². The standard InChI is InChI=1S/C22H22N4O4/c27-19(14-30-17-9-2-1-3-10-17)26-12-5-4-11-18(26)21-23-20(24-25-21)15-7-6-8-16(13-15)22(28)29/h1-3,6-10,13,18H,4-5,11-12,14H2,(H,28,29)(H,23,24,25)/t18-/m1/s1. The second-order valence-electron chi connectivity index (χ2n) is 7.13. The summed E-state index contributed by atoms with van der Waals surface area (Å²) in [5.74, 6) is 0.550. The number of ether oxygens (including phenoxy) is 1. The molecular formula is C22H22N4O4. The van der Waals surface area contributed by atoms with E-state index >= 15 is 0 Å². The molecule has 1 fully saturated rings. The van der Waals surface area contributed by atoms with Crippen molar-refractivity contribution < 1.29 is 19.4 Å². The molecule has 0 spiro atoms. The molecule has 154 valence electrons. The van der Waals surface area contributed by atoms with Gasteiger partial charge in [0.2, 0.25) is 0 Å². The van der Waals surface area contributed by atoms with Gasteiger partial charge in [-0.3, -0.25) is 9.89 Å². The van der Waals surface area contributed by atoms with Crippen LogP contribution in [0.1, 0.15) is 41.5 Å². The Kier molecular flexibility index (Phi) is 5.74. The van der Waals surface area contributed by atoms with Gasteiger partial charge in [-0.25, -0.2) is 9.78 Å². The van der Waals surface area contributed by atoms with Crippen molar-refractivity contribution in [2.24, 2.45) is 0 Å². The summed E-state index contributed by atoms with van der Waals surface area (Å²) in [7, 11) is 0. The minimum atomic E-state index is -1.00. The van der Waals surface area contributed by atoms with Crippen LogP contribution in [0, 0.1) is 0 Å². The molecule has 0 saturated carbocycles. The van der Waals surface area contributed by atoms with Crippen LogP contribution in [0.2, 0.25) is 0 Å². The molecule has 2 aromatic carbocycles. The number of carbonyl (C=O) groups is 2. The molecule has 1 amide bonds. The lowest BCUT2D eigenvalue weighted by atomic mass is 10.0. The Balaban J connectivity index is 1.50. The highest BCUT2D eigenvalue weighted by atomic mass is 16.5. The number of nitrogens with zero attached hydrogens (tertiary/aromatic N) is 3. The van der Waals surface area contributed by atoms with Crippen molar-refractivity contribution in [1.82, 2.24) is 20.1 Å². The maximum absolute atomic E-state index is 12.8. The summed E-state index contributed by atoms with van der Waals surface area (Å²) in [6.07, 6.45) is 2.69. The molecule has 0 aliphatic carbocycles. The zero-order valence-corrected chi connectivity index (χ0v) is 16.3. The van der Waals surface area contributed by atoms with Crippen LogP contribution in [0.5, 0.6) is 5.75 Å². The molecule has 1 saturated heterocycles. The molecule has 2 N–H and O–H groups in total. The van der Waals surface area contributed by atoms with Gasteiger partial charge in [0.25, 0.3) is 5.91 Å². The molecule has 3 aromatic rings. The van der Waals surface area contributed by atoms with E-state index in [2.05, 4.69) is 15.2 Å². The number of carboxylic acid groups (broad SMARTS) is 1. The summed E-state index contributed by atoms with van der Waals surface area (Å²) in [6, 6.07) is 15.5. The predicted octanol–water partition coefficient (Wildman–Crippen LogP) is 3.30. The number of H-pyrrole nitrogens is 1. The zero-order valence-electron chi connectivity index (χ0n) is 16.3. The number of aromatic nitrogens is 3. The number of amides is 1. The van der Waals surface area contributed by atoms with E-state index in [1.54, 1.807) is 17.0 Å². The molecule has 30 heavy (non-hydrogen) atoms. The molecule has 1 aliphatic heterocycles. The van der Waals surface area contributed by atoms with Crippen molar-refractivity contribution in [3.8, 4) is 17.1 Å². The van der Waals surface area contributed by atoms with Gasteiger partial charge >= 0.3 is 5.97 Å². The monoisotopic (exact) mass is 406 g/mol. The van der Waals surface area contributed by atoms with Crippen LogP contribution in [0.3, 0.4) is 0 Å². The number of carbonyl (C=O) groups excluding carboxylic acids is 1. The molecule has 1 aromatic heterocycles. The molecule has 8 nitrogen and oxygen atoms in total. The van der Waals surface area contributed by atoms with E-state index in [4.69, 9.17) is 4.74 Å². The number of aromatic carboxylic acids is 1. The van der Waals surface area contributed by atoms with Crippen LogP contribution in [-0.4, -0.2) is 50.2 Å². The fraction of sp³-hybridized carbons (Fsp3) is 0.273. The highest BCUT2D eigenvalue weighted by Crippen LogP contribution is 2.30. The zero-order chi connectivity index (χ0) is 20.9. The Labute approximate surface area is 173 Å². The fourth-order valence-electron chi connectivity index (χ4n) is 3.60. The summed E-state index contributed by atoms with van der Waals surface area (Å²) in [4.78, 5) is 30.4. The Hall–Kier alpha value is -3.68. The largest absolute Gasteiger partial charge is 0.484 e. The third-order valence-corrected chi connectivity index (χ3v) is 5.11. The highest BCUT2D eigenvalue weighted by Gasteiger charge is 2.30. The van der Waals surface area contributed by atoms with Crippen molar-refractivity contribution in [2.45, 2.75) is 25.3 Å². The van der Waals surface area contributed by atoms with Crippen molar-refractivity contribution in [1.29, 1.82) is 0 Å². The lowest BCUT2D eigenvalue weighted by molar-refractivity contribution is -0.137. The third-order valence-electron chi connectivity index (χ3n) is 5.11. The van der Waals surface area contributed by atoms with E-state index in [0.717, 1.165) is 19.3 Å². The number of likely N-dealkylation sites (tertiary alicyclic amines) is 1. The minimum Gasteiger partial charge on any atom is -0.484 e. The first-order chi connectivity index (χ1) is 14.6. The number of aromatic amines is 1. The molecule has 0 bridgehead atoms. The normalized spacial score (nSPS) is 16.3. The summed E-state index contributed by atoms with van der Waals surface area (Å²) >= 11 is 0. The van der Waals surface area contributed by atoms with Crippen LogP contribution in [0.4, 0.5) is 0 Å². The van der Waals surface area contributed by atoms with Crippen molar-refractivity contribution in [3.05, 3.63) is 66.0 Å². The van der Waals surface area contributed by atoms with E-state index in [-0.39, 0.29) is 24.1 Å². The van der Waals surface area contributed by atoms with Crippen LogP contribution in [0.15, 0.2) is 54.6 Å². The Morgan fingerprint density at radius 1 is 1.13 bits per heavy atom. The molecule has 1 aliphatic rings. The van der Waals surface area contributed by atoms with Crippen LogP contribution in [-0.2, 0) is 4.79 Å². The van der Waals surface area contributed by atoms with Crippen LogP contribution < -0.4 is 4.74 Å². The van der Waals surface area contributed by atoms with Crippen LogP contribution >= 0.6 is 0 Å². The number of nitrogens with one attached hydrogen (secondary N) is 1.